The minimum atomic E-state index is -0.458. The van der Waals surface area contributed by atoms with Gasteiger partial charge in [0.25, 0.3) is 11.8 Å². The smallest absolute Gasteiger partial charge is 0.279 e. The Morgan fingerprint density at radius 3 is 2.68 bits per heavy atom. The second-order valence-corrected chi connectivity index (χ2v) is 8.19. The van der Waals surface area contributed by atoms with E-state index in [1.54, 1.807) is 12.1 Å². The number of benzene rings is 2. The average molecular weight is 456 g/mol. The molecule has 3 heterocycles. The first-order chi connectivity index (χ1) is 16.6. The van der Waals surface area contributed by atoms with Crippen LogP contribution in [-0.2, 0) is 0 Å². The predicted octanol–water partition coefficient (Wildman–Crippen LogP) is 2.89. The van der Waals surface area contributed by atoms with Crippen LogP contribution in [0, 0.1) is 0 Å². The van der Waals surface area contributed by atoms with E-state index < -0.39 is 5.91 Å². The SMILES string of the molecule is Nc1ncc(-c2ccc(C(=O)N3CCCNCC3)cc2)nc1C(=O)Nc1cc2ccccc2[nH]1. The molecule has 0 bridgehead atoms. The van der Waals surface area contributed by atoms with E-state index >= 15 is 0 Å². The molecule has 2 aromatic heterocycles. The van der Waals surface area contributed by atoms with E-state index in [0.717, 1.165) is 42.5 Å². The Morgan fingerprint density at radius 2 is 1.85 bits per heavy atom. The van der Waals surface area contributed by atoms with Crippen molar-refractivity contribution in [3.8, 4) is 11.3 Å². The van der Waals surface area contributed by atoms with Gasteiger partial charge < -0.3 is 26.3 Å². The standard InChI is InChI=1S/C25H25N7O2/c26-23-22(24(33)31-21-14-18-4-1-2-5-19(18)29-21)30-20(15-28-23)16-6-8-17(9-7-16)25(34)32-12-3-10-27-11-13-32/h1-2,4-9,14-15,27,29H,3,10-13H2,(H2,26,28)(H,31,33). The number of fused-ring (bicyclic) bond motifs is 1. The highest BCUT2D eigenvalue weighted by atomic mass is 16.2. The summed E-state index contributed by atoms with van der Waals surface area (Å²) in [4.78, 5) is 39.3. The third-order valence-electron chi connectivity index (χ3n) is 5.85. The van der Waals surface area contributed by atoms with E-state index in [2.05, 4.69) is 25.6 Å². The molecular weight excluding hydrogens is 430 g/mol. The molecule has 1 aliphatic rings. The molecule has 0 unspecified atom stereocenters. The van der Waals surface area contributed by atoms with Crippen LogP contribution >= 0.6 is 0 Å². The molecule has 172 valence electrons. The minimum Gasteiger partial charge on any atom is -0.382 e. The Bertz CT molecular complexity index is 1310. The van der Waals surface area contributed by atoms with Crippen LogP contribution in [0.2, 0.25) is 0 Å². The van der Waals surface area contributed by atoms with Crippen LogP contribution in [0.4, 0.5) is 11.6 Å². The van der Waals surface area contributed by atoms with Gasteiger partial charge in [-0.15, -0.1) is 0 Å². The van der Waals surface area contributed by atoms with Gasteiger partial charge in [-0.05, 0) is 37.2 Å². The third-order valence-corrected chi connectivity index (χ3v) is 5.85. The fourth-order valence-corrected chi connectivity index (χ4v) is 4.04. The van der Waals surface area contributed by atoms with Gasteiger partial charge in [0.15, 0.2) is 11.5 Å². The maximum atomic E-state index is 12.9. The van der Waals surface area contributed by atoms with Crippen LogP contribution in [-0.4, -0.2) is 57.8 Å². The molecule has 0 spiro atoms. The molecule has 1 aliphatic heterocycles. The number of hydrogen-bond acceptors (Lipinski definition) is 6. The lowest BCUT2D eigenvalue weighted by Crippen LogP contribution is -2.34. The number of aromatic amines is 1. The highest BCUT2D eigenvalue weighted by molar-refractivity contribution is 6.06. The molecule has 0 aliphatic carbocycles. The Hall–Kier alpha value is -4.24. The molecule has 9 heteroatoms. The summed E-state index contributed by atoms with van der Waals surface area (Å²) in [6.07, 6.45) is 2.46. The molecule has 5 rings (SSSR count). The van der Waals surface area contributed by atoms with Crippen molar-refractivity contribution in [3.05, 3.63) is 72.1 Å². The van der Waals surface area contributed by atoms with Crippen LogP contribution in [0.5, 0.6) is 0 Å². The molecule has 34 heavy (non-hydrogen) atoms. The van der Waals surface area contributed by atoms with Crippen LogP contribution in [0.15, 0.2) is 60.8 Å². The lowest BCUT2D eigenvalue weighted by Gasteiger charge is -2.20. The van der Waals surface area contributed by atoms with Gasteiger partial charge in [-0.1, -0.05) is 30.3 Å². The normalized spacial score (nSPS) is 14.1. The lowest BCUT2D eigenvalue weighted by molar-refractivity contribution is 0.0766. The first-order valence-corrected chi connectivity index (χ1v) is 11.2. The third kappa shape index (κ3) is 4.46. The summed E-state index contributed by atoms with van der Waals surface area (Å²) in [6.45, 7) is 3.16. The Kier molecular flexibility index (Phi) is 5.92. The number of H-pyrrole nitrogens is 1. The zero-order valence-corrected chi connectivity index (χ0v) is 18.5. The summed E-state index contributed by atoms with van der Waals surface area (Å²) in [5, 5.41) is 7.08. The number of anilines is 2. The maximum absolute atomic E-state index is 12.9. The molecule has 5 N–H and O–H groups in total. The predicted molar refractivity (Wildman–Crippen MR) is 132 cm³/mol. The molecule has 0 radical (unpaired) electrons. The van der Waals surface area contributed by atoms with E-state index in [1.165, 1.54) is 6.20 Å². The molecule has 1 fully saturated rings. The first kappa shape index (κ1) is 21.6. The zero-order valence-electron chi connectivity index (χ0n) is 18.5. The molecule has 2 amide bonds. The fourth-order valence-electron chi connectivity index (χ4n) is 4.04. The zero-order chi connectivity index (χ0) is 23.5. The quantitative estimate of drug-likeness (QED) is 0.375. The topological polar surface area (TPSA) is 129 Å². The Balaban J connectivity index is 1.34. The number of nitrogens with two attached hydrogens (primary N) is 1. The molecule has 9 nitrogen and oxygen atoms in total. The van der Waals surface area contributed by atoms with Crippen LogP contribution in [0.3, 0.4) is 0 Å². The highest BCUT2D eigenvalue weighted by Crippen LogP contribution is 2.22. The van der Waals surface area contributed by atoms with Crippen molar-refractivity contribution in [2.24, 2.45) is 0 Å². The molecule has 1 saturated heterocycles. The summed E-state index contributed by atoms with van der Waals surface area (Å²) in [5.74, 6) is 0.139. The van der Waals surface area contributed by atoms with Gasteiger partial charge >= 0.3 is 0 Å². The van der Waals surface area contributed by atoms with Crippen molar-refractivity contribution in [3.63, 3.8) is 0 Å². The van der Waals surface area contributed by atoms with Crippen molar-refractivity contribution in [2.75, 3.05) is 37.2 Å². The van der Waals surface area contributed by atoms with Gasteiger partial charge in [-0.2, -0.15) is 0 Å². The minimum absolute atomic E-state index is 0.0111. The monoisotopic (exact) mass is 455 g/mol. The van der Waals surface area contributed by atoms with Gasteiger partial charge in [0.2, 0.25) is 0 Å². The van der Waals surface area contributed by atoms with Crippen molar-refractivity contribution >= 4 is 34.4 Å². The van der Waals surface area contributed by atoms with Crippen molar-refractivity contribution in [2.45, 2.75) is 6.42 Å². The second-order valence-electron chi connectivity index (χ2n) is 8.19. The van der Waals surface area contributed by atoms with Crippen LogP contribution in [0.25, 0.3) is 22.2 Å². The Morgan fingerprint density at radius 1 is 1.03 bits per heavy atom. The van der Waals surface area contributed by atoms with Crippen LogP contribution in [0.1, 0.15) is 27.3 Å². The van der Waals surface area contributed by atoms with Gasteiger partial charge in [-0.25, -0.2) is 9.97 Å². The van der Waals surface area contributed by atoms with E-state index in [0.29, 0.717) is 23.6 Å². The van der Waals surface area contributed by atoms with Crippen LogP contribution < -0.4 is 16.4 Å². The molecular formula is C25H25N7O2. The van der Waals surface area contributed by atoms with Crippen molar-refractivity contribution in [1.82, 2.24) is 25.2 Å². The second kappa shape index (κ2) is 9.32. The fraction of sp³-hybridized carbons (Fsp3) is 0.200. The summed E-state index contributed by atoms with van der Waals surface area (Å²) in [5.41, 5.74) is 8.75. The number of nitrogens with one attached hydrogen (secondary N) is 3. The Labute approximate surface area is 196 Å². The number of nitrogen functional groups attached to an aromatic ring is 1. The molecule has 0 saturated carbocycles. The number of para-hydroxylation sites is 1. The van der Waals surface area contributed by atoms with Crippen molar-refractivity contribution in [1.29, 1.82) is 0 Å². The van der Waals surface area contributed by atoms with E-state index in [-0.39, 0.29) is 17.4 Å². The molecule has 4 aromatic rings. The van der Waals surface area contributed by atoms with Gasteiger partial charge in [-0.3, -0.25) is 9.59 Å². The largest absolute Gasteiger partial charge is 0.382 e. The number of carbonyl (C=O) groups excluding carboxylic acids is 2. The summed E-state index contributed by atoms with van der Waals surface area (Å²) < 4.78 is 0. The van der Waals surface area contributed by atoms with Gasteiger partial charge in [0.05, 0.1) is 11.9 Å². The maximum Gasteiger partial charge on any atom is 0.279 e. The number of aromatic nitrogens is 3. The van der Waals surface area contributed by atoms with E-state index in [9.17, 15) is 9.59 Å². The lowest BCUT2D eigenvalue weighted by atomic mass is 10.1. The molecule has 2 aromatic carbocycles. The first-order valence-electron chi connectivity index (χ1n) is 11.2. The summed E-state index contributed by atoms with van der Waals surface area (Å²) in [6, 6.07) is 16.7. The van der Waals surface area contributed by atoms with Crippen molar-refractivity contribution < 1.29 is 9.59 Å². The average Bonchev–Trinajstić information content (AvgIpc) is 3.07. The van der Waals surface area contributed by atoms with E-state index in [4.69, 9.17) is 5.73 Å². The number of nitrogens with zero attached hydrogens (tertiary/aromatic N) is 3. The highest BCUT2D eigenvalue weighted by Gasteiger charge is 2.19. The summed E-state index contributed by atoms with van der Waals surface area (Å²) >= 11 is 0. The van der Waals surface area contributed by atoms with Gasteiger partial charge in [0.1, 0.15) is 5.82 Å². The summed E-state index contributed by atoms with van der Waals surface area (Å²) in [7, 11) is 0. The number of carbonyl (C=O) groups is 2. The van der Waals surface area contributed by atoms with E-state index in [1.807, 2.05) is 47.4 Å². The number of hydrogen-bond donors (Lipinski definition) is 4. The van der Waals surface area contributed by atoms with Gasteiger partial charge in [0, 0.05) is 41.7 Å². The number of amides is 2. The molecule has 0 atom stereocenters. The number of rotatable bonds is 4.